The SMILES string of the molecule is Fc1ccccc1C1(OC(F)F)C=CCC=C1. The molecule has 0 spiro atoms. The van der Waals surface area contributed by atoms with Crippen molar-refractivity contribution in [2.75, 3.05) is 0 Å². The summed E-state index contributed by atoms with van der Waals surface area (Å²) in [4.78, 5) is 0. The van der Waals surface area contributed by atoms with Crippen molar-refractivity contribution in [1.29, 1.82) is 0 Å². The van der Waals surface area contributed by atoms with E-state index >= 15 is 0 Å². The second-order valence-electron chi connectivity index (χ2n) is 3.69. The maximum absolute atomic E-state index is 13.7. The van der Waals surface area contributed by atoms with Crippen LogP contribution in [0.15, 0.2) is 48.6 Å². The fraction of sp³-hybridized carbons (Fsp3) is 0.231. The highest BCUT2D eigenvalue weighted by atomic mass is 19.3. The van der Waals surface area contributed by atoms with Crippen LogP contribution in [-0.4, -0.2) is 6.61 Å². The maximum atomic E-state index is 13.7. The van der Waals surface area contributed by atoms with Crippen LogP contribution in [0.5, 0.6) is 0 Å². The normalized spacial score (nSPS) is 17.6. The Labute approximate surface area is 97.2 Å². The third kappa shape index (κ3) is 2.42. The van der Waals surface area contributed by atoms with Crippen molar-refractivity contribution in [3.8, 4) is 0 Å². The lowest BCUT2D eigenvalue weighted by Crippen LogP contribution is -2.29. The highest BCUT2D eigenvalue weighted by Crippen LogP contribution is 2.35. The lowest BCUT2D eigenvalue weighted by Gasteiger charge is -2.29. The summed E-state index contributed by atoms with van der Waals surface area (Å²) in [6, 6.07) is 5.76. The van der Waals surface area contributed by atoms with Crippen molar-refractivity contribution in [2.24, 2.45) is 0 Å². The van der Waals surface area contributed by atoms with Crippen molar-refractivity contribution in [3.05, 3.63) is 60.0 Å². The largest absolute Gasteiger partial charge is 0.346 e. The maximum Gasteiger partial charge on any atom is 0.346 e. The number of allylic oxidation sites excluding steroid dienone is 2. The summed E-state index contributed by atoms with van der Waals surface area (Å²) in [7, 11) is 0. The Hall–Kier alpha value is -1.55. The molecular formula is C13H11F3O. The zero-order valence-corrected chi connectivity index (χ0v) is 8.95. The quantitative estimate of drug-likeness (QED) is 0.730. The molecule has 0 fully saturated rings. The highest BCUT2D eigenvalue weighted by molar-refractivity contribution is 5.36. The van der Waals surface area contributed by atoms with Crippen LogP contribution in [0.2, 0.25) is 0 Å². The number of hydrogen-bond donors (Lipinski definition) is 0. The number of hydrogen-bond acceptors (Lipinski definition) is 1. The first-order valence-corrected chi connectivity index (χ1v) is 5.20. The average Bonchev–Trinajstić information content (AvgIpc) is 2.29. The van der Waals surface area contributed by atoms with Crippen LogP contribution >= 0.6 is 0 Å². The zero-order chi connectivity index (χ0) is 12.3. The van der Waals surface area contributed by atoms with Crippen LogP contribution in [0, 0.1) is 5.82 Å². The van der Waals surface area contributed by atoms with E-state index in [4.69, 9.17) is 0 Å². The Morgan fingerprint density at radius 2 is 1.76 bits per heavy atom. The van der Waals surface area contributed by atoms with E-state index in [0.717, 1.165) is 0 Å². The molecule has 0 amide bonds. The van der Waals surface area contributed by atoms with Gasteiger partial charge in [-0.15, -0.1) is 0 Å². The van der Waals surface area contributed by atoms with E-state index in [1.165, 1.54) is 30.4 Å². The van der Waals surface area contributed by atoms with E-state index in [1.807, 2.05) is 0 Å². The summed E-state index contributed by atoms with van der Waals surface area (Å²) in [6.45, 7) is -2.97. The smallest absolute Gasteiger partial charge is 0.303 e. The van der Waals surface area contributed by atoms with Crippen molar-refractivity contribution in [3.63, 3.8) is 0 Å². The van der Waals surface area contributed by atoms with E-state index in [0.29, 0.717) is 6.42 Å². The highest BCUT2D eigenvalue weighted by Gasteiger charge is 2.34. The van der Waals surface area contributed by atoms with Gasteiger partial charge < -0.3 is 4.74 Å². The van der Waals surface area contributed by atoms with Gasteiger partial charge in [-0.25, -0.2) is 4.39 Å². The van der Waals surface area contributed by atoms with E-state index < -0.39 is 18.0 Å². The fourth-order valence-corrected chi connectivity index (χ4v) is 1.87. The third-order valence-corrected chi connectivity index (χ3v) is 2.58. The third-order valence-electron chi connectivity index (χ3n) is 2.58. The molecular weight excluding hydrogens is 229 g/mol. The van der Waals surface area contributed by atoms with Gasteiger partial charge in [0.1, 0.15) is 11.4 Å². The molecule has 0 saturated carbocycles. The molecule has 1 aliphatic carbocycles. The Bertz CT molecular complexity index is 440. The van der Waals surface area contributed by atoms with Gasteiger partial charge in [-0.2, -0.15) is 8.78 Å². The van der Waals surface area contributed by atoms with Crippen molar-refractivity contribution >= 4 is 0 Å². The molecule has 0 radical (unpaired) electrons. The Morgan fingerprint density at radius 1 is 1.12 bits per heavy atom. The minimum atomic E-state index is -2.97. The molecule has 1 aromatic rings. The Balaban J connectivity index is 2.47. The topological polar surface area (TPSA) is 9.23 Å². The number of alkyl halides is 2. The molecule has 4 heteroatoms. The second-order valence-corrected chi connectivity index (χ2v) is 3.69. The number of benzene rings is 1. The standard InChI is InChI=1S/C13H11F3O/c14-11-7-3-2-6-10(11)13(17-12(15)16)8-4-1-5-9-13/h2-9,12H,1H2. The van der Waals surface area contributed by atoms with E-state index in [1.54, 1.807) is 18.2 Å². The summed E-state index contributed by atoms with van der Waals surface area (Å²) in [5.41, 5.74) is -1.41. The Morgan fingerprint density at radius 3 is 2.35 bits per heavy atom. The molecule has 0 aliphatic heterocycles. The second kappa shape index (κ2) is 4.75. The van der Waals surface area contributed by atoms with Crippen LogP contribution in [0.1, 0.15) is 12.0 Å². The molecule has 0 bridgehead atoms. The molecule has 1 aromatic carbocycles. The van der Waals surface area contributed by atoms with E-state index in [-0.39, 0.29) is 5.56 Å². The van der Waals surface area contributed by atoms with Gasteiger partial charge in [-0.1, -0.05) is 30.4 Å². The van der Waals surface area contributed by atoms with Gasteiger partial charge in [0.05, 0.1) is 0 Å². The molecule has 0 N–H and O–H groups in total. The number of halogens is 3. The monoisotopic (exact) mass is 240 g/mol. The lowest BCUT2D eigenvalue weighted by molar-refractivity contribution is -0.180. The first kappa shape index (κ1) is 11.9. The molecule has 2 rings (SSSR count). The minimum absolute atomic E-state index is 0.0903. The van der Waals surface area contributed by atoms with Crippen LogP contribution < -0.4 is 0 Å². The molecule has 1 aliphatic rings. The summed E-state index contributed by atoms with van der Waals surface area (Å²) < 4.78 is 43.2. The van der Waals surface area contributed by atoms with Gasteiger partial charge in [0.2, 0.25) is 0 Å². The Kier molecular flexibility index (Phi) is 3.33. The summed E-state index contributed by atoms with van der Waals surface area (Å²) in [6.07, 6.45) is 6.89. The van der Waals surface area contributed by atoms with Gasteiger partial charge in [-0.05, 0) is 24.6 Å². The lowest BCUT2D eigenvalue weighted by atomic mass is 9.89. The summed E-state index contributed by atoms with van der Waals surface area (Å²) in [5.74, 6) is -0.565. The van der Waals surface area contributed by atoms with Crippen LogP contribution in [0.25, 0.3) is 0 Å². The van der Waals surface area contributed by atoms with Gasteiger partial charge in [0.25, 0.3) is 0 Å². The van der Waals surface area contributed by atoms with Crippen molar-refractivity contribution in [1.82, 2.24) is 0 Å². The molecule has 0 heterocycles. The van der Waals surface area contributed by atoms with Crippen LogP contribution in [0.3, 0.4) is 0 Å². The molecule has 90 valence electrons. The average molecular weight is 240 g/mol. The predicted molar refractivity (Wildman–Crippen MR) is 58.1 cm³/mol. The summed E-state index contributed by atoms with van der Waals surface area (Å²) >= 11 is 0. The zero-order valence-electron chi connectivity index (χ0n) is 8.95. The van der Waals surface area contributed by atoms with Gasteiger partial charge >= 0.3 is 6.61 Å². The van der Waals surface area contributed by atoms with Crippen molar-refractivity contribution in [2.45, 2.75) is 18.6 Å². The number of ether oxygens (including phenoxy) is 1. The molecule has 1 nitrogen and oxygen atoms in total. The van der Waals surface area contributed by atoms with Gasteiger partial charge in [0.15, 0.2) is 0 Å². The number of rotatable bonds is 3. The predicted octanol–water partition coefficient (Wildman–Crippen LogP) is 3.78. The summed E-state index contributed by atoms with van der Waals surface area (Å²) in [5, 5.41) is 0. The minimum Gasteiger partial charge on any atom is -0.303 e. The molecule has 0 unspecified atom stereocenters. The van der Waals surface area contributed by atoms with E-state index in [2.05, 4.69) is 4.74 Å². The van der Waals surface area contributed by atoms with Gasteiger partial charge in [-0.3, -0.25) is 0 Å². The molecule has 17 heavy (non-hydrogen) atoms. The van der Waals surface area contributed by atoms with Crippen molar-refractivity contribution < 1.29 is 17.9 Å². The fourth-order valence-electron chi connectivity index (χ4n) is 1.87. The van der Waals surface area contributed by atoms with Gasteiger partial charge in [0, 0.05) is 5.56 Å². The molecule has 0 aromatic heterocycles. The van der Waals surface area contributed by atoms with Crippen LogP contribution in [0.4, 0.5) is 13.2 Å². The molecule has 0 saturated heterocycles. The molecule has 0 atom stereocenters. The first-order valence-electron chi connectivity index (χ1n) is 5.20. The van der Waals surface area contributed by atoms with Crippen LogP contribution in [-0.2, 0) is 10.3 Å². The van der Waals surface area contributed by atoms with E-state index in [9.17, 15) is 13.2 Å². The first-order chi connectivity index (χ1) is 8.14.